The molecule has 0 bridgehead atoms. The van der Waals surface area contributed by atoms with Crippen LogP contribution in [-0.2, 0) is 24.2 Å². The number of para-hydroxylation sites is 2. The molecular weight excluding hydrogens is 334 g/mol. The van der Waals surface area contributed by atoms with Crippen LogP contribution in [0.2, 0.25) is 0 Å². The summed E-state index contributed by atoms with van der Waals surface area (Å²) >= 11 is 0. The number of nitrogens with zero attached hydrogens (tertiary/aromatic N) is 3. The van der Waals surface area contributed by atoms with E-state index in [0.717, 1.165) is 50.5 Å². The summed E-state index contributed by atoms with van der Waals surface area (Å²) in [5, 5.41) is 14.0. The Labute approximate surface area is 151 Å². The molecule has 0 saturated carbocycles. The molecule has 2 aromatic rings. The molecule has 4 rings (SSSR count). The average Bonchev–Trinajstić information content (AvgIpc) is 3.38. The molecule has 1 aromatic carbocycles. The Bertz CT molecular complexity index is 770. The number of aromatic nitrogens is 3. The molecule has 1 saturated heterocycles. The molecule has 1 atom stereocenters. The van der Waals surface area contributed by atoms with E-state index < -0.39 is 0 Å². The van der Waals surface area contributed by atoms with E-state index in [1.807, 2.05) is 24.3 Å². The molecule has 2 N–H and O–H groups in total. The second-order valence-electron chi connectivity index (χ2n) is 6.54. The number of urea groups is 1. The normalized spacial score (nSPS) is 18.5. The average molecular weight is 357 g/mol. The number of amides is 2. The number of aryl methyl sites for hydroxylation is 1. The van der Waals surface area contributed by atoms with Gasteiger partial charge in [-0.25, -0.2) is 4.79 Å². The lowest BCUT2D eigenvalue weighted by molar-refractivity contribution is 0.0682. The third-order valence-electron chi connectivity index (χ3n) is 4.68. The van der Waals surface area contributed by atoms with E-state index in [4.69, 9.17) is 9.47 Å². The quantitative estimate of drug-likeness (QED) is 0.826. The van der Waals surface area contributed by atoms with Gasteiger partial charge in [0.15, 0.2) is 5.82 Å². The number of carbonyl (C=O) groups is 1. The lowest BCUT2D eigenvalue weighted by atomic mass is 10.2. The zero-order valence-corrected chi connectivity index (χ0v) is 14.6. The third-order valence-corrected chi connectivity index (χ3v) is 4.68. The summed E-state index contributed by atoms with van der Waals surface area (Å²) in [6, 6.07) is 7.11. The molecular formula is C18H23N5O3. The Kier molecular flexibility index (Phi) is 5.01. The molecule has 2 aliphatic rings. The van der Waals surface area contributed by atoms with Crippen molar-refractivity contribution >= 4 is 11.7 Å². The van der Waals surface area contributed by atoms with Crippen LogP contribution in [0, 0.1) is 0 Å². The zero-order chi connectivity index (χ0) is 17.8. The van der Waals surface area contributed by atoms with Crippen LogP contribution in [0.5, 0.6) is 5.75 Å². The second-order valence-corrected chi connectivity index (χ2v) is 6.54. The Hall–Kier alpha value is -2.61. The fraction of sp³-hybridized carbons (Fsp3) is 0.500. The SMILES string of the molecule is O=C(NCc1nnc2n1CCC2)Nc1ccccc1OC[C@@H]1CCCO1. The number of carbonyl (C=O) groups excluding carboxylic acids is 1. The Morgan fingerprint density at radius 3 is 3.12 bits per heavy atom. The number of rotatable bonds is 6. The van der Waals surface area contributed by atoms with E-state index in [0.29, 0.717) is 24.6 Å². The zero-order valence-electron chi connectivity index (χ0n) is 14.6. The monoisotopic (exact) mass is 357 g/mol. The highest BCUT2D eigenvalue weighted by molar-refractivity contribution is 5.90. The molecule has 2 aliphatic heterocycles. The summed E-state index contributed by atoms with van der Waals surface area (Å²) in [6.07, 6.45) is 4.25. The summed E-state index contributed by atoms with van der Waals surface area (Å²) in [5.74, 6) is 2.42. The number of fused-ring (bicyclic) bond motifs is 1. The van der Waals surface area contributed by atoms with Crippen LogP contribution in [0.4, 0.5) is 10.5 Å². The highest BCUT2D eigenvalue weighted by Gasteiger charge is 2.19. The number of ether oxygens (including phenoxy) is 2. The largest absolute Gasteiger partial charge is 0.489 e. The van der Waals surface area contributed by atoms with Gasteiger partial charge < -0.3 is 24.7 Å². The van der Waals surface area contributed by atoms with E-state index in [1.165, 1.54) is 0 Å². The van der Waals surface area contributed by atoms with Gasteiger partial charge in [0, 0.05) is 19.6 Å². The Morgan fingerprint density at radius 1 is 1.31 bits per heavy atom. The van der Waals surface area contributed by atoms with E-state index in [-0.39, 0.29) is 12.1 Å². The molecule has 1 aromatic heterocycles. The first-order valence-electron chi connectivity index (χ1n) is 9.09. The highest BCUT2D eigenvalue weighted by atomic mass is 16.5. The third kappa shape index (κ3) is 3.80. The van der Waals surface area contributed by atoms with Crippen molar-refractivity contribution in [2.75, 3.05) is 18.5 Å². The maximum Gasteiger partial charge on any atom is 0.319 e. The molecule has 1 fully saturated rings. The van der Waals surface area contributed by atoms with Gasteiger partial charge in [-0.2, -0.15) is 0 Å². The van der Waals surface area contributed by atoms with Crippen molar-refractivity contribution in [2.24, 2.45) is 0 Å². The minimum Gasteiger partial charge on any atom is -0.489 e. The fourth-order valence-corrected chi connectivity index (χ4v) is 3.32. The van der Waals surface area contributed by atoms with Gasteiger partial charge in [0.2, 0.25) is 0 Å². The molecule has 0 unspecified atom stereocenters. The molecule has 0 spiro atoms. The van der Waals surface area contributed by atoms with Crippen molar-refractivity contribution in [2.45, 2.75) is 44.9 Å². The number of hydrogen-bond acceptors (Lipinski definition) is 5. The molecule has 138 valence electrons. The maximum atomic E-state index is 12.3. The van der Waals surface area contributed by atoms with Gasteiger partial charge in [-0.05, 0) is 31.4 Å². The van der Waals surface area contributed by atoms with Crippen LogP contribution < -0.4 is 15.4 Å². The Balaban J connectivity index is 1.32. The van der Waals surface area contributed by atoms with Crippen molar-refractivity contribution in [1.82, 2.24) is 20.1 Å². The first-order valence-corrected chi connectivity index (χ1v) is 9.09. The summed E-state index contributed by atoms with van der Waals surface area (Å²) in [6.45, 7) is 2.55. The van der Waals surface area contributed by atoms with Crippen LogP contribution in [0.15, 0.2) is 24.3 Å². The van der Waals surface area contributed by atoms with Crippen molar-refractivity contribution < 1.29 is 14.3 Å². The second kappa shape index (κ2) is 7.74. The summed E-state index contributed by atoms with van der Waals surface area (Å²) < 4.78 is 13.5. The van der Waals surface area contributed by atoms with Gasteiger partial charge in [-0.15, -0.1) is 10.2 Å². The maximum absolute atomic E-state index is 12.3. The topological polar surface area (TPSA) is 90.3 Å². The van der Waals surface area contributed by atoms with Crippen molar-refractivity contribution in [3.63, 3.8) is 0 Å². The molecule has 8 nitrogen and oxygen atoms in total. The van der Waals surface area contributed by atoms with E-state index in [1.54, 1.807) is 0 Å². The first-order chi connectivity index (χ1) is 12.8. The molecule has 8 heteroatoms. The highest BCUT2D eigenvalue weighted by Crippen LogP contribution is 2.25. The van der Waals surface area contributed by atoms with Crippen LogP contribution in [-0.4, -0.2) is 40.1 Å². The molecule has 0 aliphatic carbocycles. The first kappa shape index (κ1) is 16.8. The van der Waals surface area contributed by atoms with Gasteiger partial charge in [0.25, 0.3) is 0 Å². The van der Waals surface area contributed by atoms with Crippen LogP contribution in [0.25, 0.3) is 0 Å². The van der Waals surface area contributed by atoms with Crippen LogP contribution >= 0.6 is 0 Å². The van der Waals surface area contributed by atoms with Gasteiger partial charge in [0.05, 0.1) is 18.3 Å². The lowest BCUT2D eigenvalue weighted by Crippen LogP contribution is -2.29. The Morgan fingerprint density at radius 2 is 2.23 bits per heavy atom. The van der Waals surface area contributed by atoms with Crippen molar-refractivity contribution in [1.29, 1.82) is 0 Å². The van der Waals surface area contributed by atoms with Crippen LogP contribution in [0.3, 0.4) is 0 Å². The van der Waals surface area contributed by atoms with Gasteiger partial charge in [0.1, 0.15) is 18.2 Å². The molecule has 0 radical (unpaired) electrons. The number of nitrogens with one attached hydrogen (secondary N) is 2. The van der Waals surface area contributed by atoms with Gasteiger partial charge in [-0.3, -0.25) is 0 Å². The van der Waals surface area contributed by atoms with Crippen molar-refractivity contribution in [3.8, 4) is 5.75 Å². The smallest absolute Gasteiger partial charge is 0.319 e. The van der Waals surface area contributed by atoms with Gasteiger partial charge >= 0.3 is 6.03 Å². The van der Waals surface area contributed by atoms with Gasteiger partial charge in [-0.1, -0.05) is 12.1 Å². The lowest BCUT2D eigenvalue weighted by Gasteiger charge is -2.15. The number of anilines is 1. The van der Waals surface area contributed by atoms with Crippen LogP contribution in [0.1, 0.15) is 30.9 Å². The molecule has 2 amide bonds. The predicted molar refractivity (Wildman–Crippen MR) is 95.1 cm³/mol. The minimum absolute atomic E-state index is 0.131. The standard InChI is InChI=1S/C18H23N5O3/c24-18(19-11-17-22-21-16-8-3-9-23(16)17)20-14-6-1-2-7-15(14)26-12-13-5-4-10-25-13/h1-2,6-7,13H,3-5,8-12H2,(H2,19,20,24)/t13-/m0/s1. The summed E-state index contributed by atoms with van der Waals surface area (Å²) in [4.78, 5) is 12.3. The molecule has 26 heavy (non-hydrogen) atoms. The fourth-order valence-electron chi connectivity index (χ4n) is 3.32. The van der Waals surface area contributed by atoms with E-state index in [9.17, 15) is 4.79 Å². The van der Waals surface area contributed by atoms with E-state index in [2.05, 4.69) is 25.4 Å². The predicted octanol–water partition coefficient (Wildman–Crippen LogP) is 2.10. The number of benzene rings is 1. The minimum atomic E-state index is -0.298. The molecule has 3 heterocycles. The summed E-state index contributed by atoms with van der Waals surface area (Å²) in [7, 11) is 0. The number of hydrogen-bond donors (Lipinski definition) is 2. The summed E-state index contributed by atoms with van der Waals surface area (Å²) in [5.41, 5.74) is 0.634. The van der Waals surface area contributed by atoms with Crippen molar-refractivity contribution in [3.05, 3.63) is 35.9 Å². The van der Waals surface area contributed by atoms with E-state index >= 15 is 0 Å².